The molecular weight excluding hydrogens is 252 g/mol. The summed E-state index contributed by atoms with van der Waals surface area (Å²) in [4.78, 5) is 0.962. The van der Waals surface area contributed by atoms with E-state index >= 15 is 0 Å². The van der Waals surface area contributed by atoms with Gasteiger partial charge in [0.25, 0.3) is 0 Å². The highest BCUT2D eigenvalue weighted by Crippen LogP contribution is 2.51. The van der Waals surface area contributed by atoms with Crippen molar-refractivity contribution in [3.05, 3.63) is 35.9 Å². The topological polar surface area (TPSA) is 38.0 Å². The van der Waals surface area contributed by atoms with Crippen LogP contribution in [-0.2, 0) is 0 Å². The first kappa shape index (κ1) is 14.5. The van der Waals surface area contributed by atoms with E-state index in [1.54, 1.807) is 0 Å². The van der Waals surface area contributed by atoms with E-state index < -0.39 is 0 Å². The summed E-state index contributed by atoms with van der Waals surface area (Å²) in [5.41, 5.74) is 7.49. The molecule has 0 aliphatic heterocycles. The average molecular weight is 276 g/mol. The van der Waals surface area contributed by atoms with Gasteiger partial charge in [-0.2, -0.15) is 0 Å². The molecule has 0 aromatic heterocycles. The maximum Gasteiger partial charge on any atom is 0.101 e. The van der Waals surface area contributed by atoms with E-state index in [1.807, 2.05) is 30.3 Å². The molecule has 104 valence electrons. The van der Waals surface area contributed by atoms with Crippen molar-refractivity contribution in [1.29, 1.82) is 0 Å². The van der Waals surface area contributed by atoms with E-state index in [1.165, 1.54) is 19.3 Å². The van der Waals surface area contributed by atoms with Crippen molar-refractivity contribution in [2.45, 2.75) is 45.7 Å². The molecular formula is C16H24N2S. The summed E-state index contributed by atoms with van der Waals surface area (Å²) >= 11 is 5.67. The maximum absolute atomic E-state index is 6.21. The number of rotatable bonds is 5. The Morgan fingerprint density at radius 1 is 1.42 bits per heavy atom. The highest BCUT2D eigenvalue weighted by Gasteiger charge is 2.47. The van der Waals surface area contributed by atoms with Crippen molar-refractivity contribution in [2.24, 2.45) is 17.1 Å². The standard InChI is InChI=1S/C16H24N2S/c1-3-13-10-11-16(13,4-2)15(19)18-14(17)12-8-6-5-7-9-12/h5-9,13-14H,3-4,10-11,17H2,1-2H3,(H,18,19). The van der Waals surface area contributed by atoms with Crippen molar-refractivity contribution in [2.75, 3.05) is 0 Å². The Morgan fingerprint density at radius 3 is 2.58 bits per heavy atom. The van der Waals surface area contributed by atoms with Crippen molar-refractivity contribution >= 4 is 17.2 Å². The van der Waals surface area contributed by atoms with Gasteiger partial charge in [-0.25, -0.2) is 0 Å². The van der Waals surface area contributed by atoms with E-state index in [9.17, 15) is 0 Å². The first-order chi connectivity index (χ1) is 9.14. The molecule has 19 heavy (non-hydrogen) atoms. The second-order valence-corrected chi connectivity index (χ2v) is 5.92. The lowest BCUT2D eigenvalue weighted by atomic mass is 9.57. The number of hydrogen-bond acceptors (Lipinski definition) is 2. The predicted molar refractivity (Wildman–Crippen MR) is 84.8 cm³/mol. The highest BCUT2D eigenvalue weighted by atomic mass is 32.1. The van der Waals surface area contributed by atoms with E-state index in [0.717, 1.165) is 22.9 Å². The lowest BCUT2D eigenvalue weighted by molar-refractivity contribution is 0.0965. The van der Waals surface area contributed by atoms with Gasteiger partial charge in [0.05, 0.1) is 4.99 Å². The van der Waals surface area contributed by atoms with Gasteiger partial charge in [0, 0.05) is 5.41 Å². The lowest BCUT2D eigenvalue weighted by Gasteiger charge is -2.50. The fraction of sp³-hybridized carbons (Fsp3) is 0.562. The molecule has 1 aromatic carbocycles. The Hall–Kier alpha value is -0.930. The van der Waals surface area contributed by atoms with Crippen LogP contribution in [0.5, 0.6) is 0 Å². The van der Waals surface area contributed by atoms with Crippen molar-refractivity contribution in [1.82, 2.24) is 5.32 Å². The Kier molecular flexibility index (Phi) is 4.58. The molecule has 0 saturated heterocycles. The van der Waals surface area contributed by atoms with Gasteiger partial charge in [-0.05, 0) is 30.7 Å². The first-order valence-electron chi connectivity index (χ1n) is 7.25. The lowest BCUT2D eigenvalue weighted by Crippen LogP contribution is -2.52. The number of nitrogens with two attached hydrogens (primary N) is 1. The molecule has 0 amide bonds. The number of nitrogens with one attached hydrogen (secondary N) is 1. The van der Waals surface area contributed by atoms with Gasteiger partial charge in [-0.15, -0.1) is 0 Å². The third-order valence-electron chi connectivity index (χ3n) is 4.74. The summed E-state index contributed by atoms with van der Waals surface area (Å²) in [7, 11) is 0. The summed E-state index contributed by atoms with van der Waals surface area (Å²) in [6, 6.07) is 10.1. The average Bonchev–Trinajstić information content (AvgIpc) is 2.40. The third kappa shape index (κ3) is 2.67. The Morgan fingerprint density at radius 2 is 2.11 bits per heavy atom. The maximum atomic E-state index is 6.21. The van der Waals surface area contributed by atoms with Crippen LogP contribution in [0.2, 0.25) is 0 Å². The minimum Gasteiger partial charge on any atom is -0.360 e. The van der Waals surface area contributed by atoms with Gasteiger partial charge >= 0.3 is 0 Å². The Balaban J connectivity index is 2.05. The van der Waals surface area contributed by atoms with Crippen LogP contribution in [0, 0.1) is 11.3 Å². The van der Waals surface area contributed by atoms with Crippen LogP contribution < -0.4 is 11.1 Å². The molecule has 2 nitrogen and oxygen atoms in total. The molecule has 1 aromatic rings. The van der Waals surface area contributed by atoms with Crippen molar-refractivity contribution < 1.29 is 0 Å². The van der Waals surface area contributed by atoms with Gasteiger partial charge in [0.15, 0.2) is 0 Å². The fourth-order valence-electron chi connectivity index (χ4n) is 3.25. The zero-order valence-electron chi connectivity index (χ0n) is 11.9. The molecule has 3 heteroatoms. The van der Waals surface area contributed by atoms with Gasteiger partial charge in [0.2, 0.25) is 0 Å². The van der Waals surface area contributed by atoms with Gasteiger partial charge in [-0.1, -0.05) is 62.8 Å². The number of thiocarbonyl (C=S) groups is 1. The molecule has 0 spiro atoms. The second kappa shape index (κ2) is 6.02. The normalized spacial score (nSPS) is 27.4. The van der Waals surface area contributed by atoms with Gasteiger partial charge in [0.1, 0.15) is 6.17 Å². The fourth-order valence-corrected chi connectivity index (χ4v) is 3.79. The van der Waals surface area contributed by atoms with Crippen molar-refractivity contribution in [3.8, 4) is 0 Å². The van der Waals surface area contributed by atoms with E-state index in [-0.39, 0.29) is 11.6 Å². The monoisotopic (exact) mass is 276 g/mol. The molecule has 0 radical (unpaired) electrons. The minimum atomic E-state index is -0.199. The molecule has 3 unspecified atom stereocenters. The quantitative estimate of drug-likeness (QED) is 0.635. The van der Waals surface area contributed by atoms with Crippen LogP contribution in [0.25, 0.3) is 0 Å². The Labute approximate surface area is 121 Å². The molecule has 3 N–H and O–H groups in total. The third-order valence-corrected chi connectivity index (χ3v) is 5.27. The molecule has 0 heterocycles. The second-order valence-electron chi connectivity index (χ2n) is 5.52. The molecule has 1 saturated carbocycles. The molecule has 1 aliphatic rings. The smallest absolute Gasteiger partial charge is 0.101 e. The summed E-state index contributed by atoms with van der Waals surface area (Å²) in [5, 5.41) is 3.36. The van der Waals surface area contributed by atoms with Crippen LogP contribution in [0.15, 0.2) is 30.3 Å². The minimum absolute atomic E-state index is 0.191. The summed E-state index contributed by atoms with van der Waals surface area (Å²) < 4.78 is 0. The van der Waals surface area contributed by atoms with E-state index in [4.69, 9.17) is 18.0 Å². The largest absolute Gasteiger partial charge is 0.360 e. The summed E-state index contributed by atoms with van der Waals surface area (Å²) in [5.74, 6) is 0.723. The number of benzene rings is 1. The summed E-state index contributed by atoms with van der Waals surface area (Å²) in [6.07, 6.45) is 4.62. The molecule has 1 fully saturated rings. The molecule has 2 rings (SSSR count). The first-order valence-corrected chi connectivity index (χ1v) is 7.66. The zero-order valence-corrected chi connectivity index (χ0v) is 12.7. The van der Waals surface area contributed by atoms with Crippen LogP contribution in [0.4, 0.5) is 0 Å². The van der Waals surface area contributed by atoms with Crippen LogP contribution in [-0.4, -0.2) is 4.99 Å². The highest BCUT2D eigenvalue weighted by molar-refractivity contribution is 7.80. The molecule has 0 bridgehead atoms. The van der Waals surface area contributed by atoms with E-state index in [2.05, 4.69) is 19.2 Å². The molecule has 3 atom stereocenters. The number of hydrogen-bond donors (Lipinski definition) is 2. The van der Waals surface area contributed by atoms with Crippen LogP contribution >= 0.6 is 12.2 Å². The SMILES string of the molecule is CCC1CCC1(CC)C(=S)NC(N)c1ccccc1. The predicted octanol–water partition coefficient (Wildman–Crippen LogP) is 3.78. The van der Waals surface area contributed by atoms with Gasteiger partial charge in [-0.3, -0.25) is 0 Å². The van der Waals surface area contributed by atoms with Crippen LogP contribution in [0.1, 0.15) is 51.3 Å². The van der Waals surface area contributed by atoms with Crippen LogP contribution in [0.3, 0.4) is 0 Å². The Bertz CT molecular complexity index is 426. The summed E-state index contributed by atoms with van der Waals surface area (Å²) in [6.45, 7) is 4.50. The van der Waals surface area contributed by atoms with Gasteiger partial charge < -0.3 is 11.1 Å². The van der Waals surface area contributed by atoms with E-state index in [0.29, 0.717) is 0 Å². The zero-order chi connectivity index (χ0) is 13.9. The van der Waals surface area contributed by atoms with Crippen molar-refractivity contribution in [3.63, 3.8) is 0 Å². The molecule has 1 aliphatic carbocycles.